The summed E-state index contributed by atoms with van der Waals surface area (Å²) < 4.78 is 0. The highest BCUT2D eigenvalue weighted by atomic mass is 16.1. The average Bonchev–Trinajstić information content (AvgIpc) is 3.12. The number of rotatable bonds is 3. The fourth-order valence-electron chi connectivity index (χ4n) is 3.03. The Balaban J connectivity index is 2.08. The van der Waals surface area contributed by atoms with Gasteiger partial charge in [0.15, 0.2) is 0 Å². The van der Waals surface area contributed by atoms with Gasteiger partial charge < -0.3 is 10.7 Å². The molecule has 0 saturated heterocycles. The van der Waals surface area contributed by atoms with Crippen LogP contribution in [0.2, 0.25) is 0 Å². The molecule has 0 aliphatic heterocycles. The number of hydrogen-bond acceptors (Lipinski definition) is 3. The van der Waals surface area contributed by atoms with Crippen LogP contribution in [0.5, 0.6) is 0 Å². The Bertz CT molecular complexity index is 476. The first-order valence-electron chi connectivity index (χ1n) is 6.62. The highest BCUT2D eigenvalue weighted by molar-refractivity contribution is 5.35. The zero-order chi connectivity index (χ0) is 11.8. The molecule has 0 spiro atoms. The Labute approximate surface area is 101 Å². The van der Waals surface area contributed by atoms with Gasteiger partial charge in [-0.25, -0.2) is 4.79 Å². The van der Waals surface area contributed by atoms with Gasteiger partial charge in [-0.3, -0.25) is 0 Å². The van der Waals surface area contributed by atoms with Crippen LogP contribution in [0, 0.1) is 0 Å². The Kier molecular flexibility index (Phi) is 2.74. The first-order chi connectivity index (χ1) is 8.29. The van der Waals surface area contributed by atoms with Gasteiger partial charge in [0.25, 0.3) is 0 Å². The van der Waals surface area contributed by atoms with Crippen LogP contribution in [0.15, 0.2) is 4.79 Å². The second-order valence-corrected chi connectivity index (χ2v) is 5.26. The molecule has 4 heteroatoms. The minimum atomic E-state index is -0.168. The van der Waals surface area contributed by atoms with Gasteiger partial charge in [0.05, 0.1) is 5.69 Å². The van der Waals surface area contributed by atoms with E-state index in [2.05, 4.69) is 9.97 Å². The van der Waals surface area contributed by atoms with Gasteiger partial charge in [0.2, 0.25) is 0 Å². The van der Waals surface area contributed by atoms with E-state index >= 15 is 0 Å². The maximum atomic E-state index is 11.6. The van der Waals surface area contributed by atoms with Crippen LogP contribution >= 0.6 is 0 Å². The fraction of sp³-hybridized carbons (Fsp3) is 0.692. The van der Waals surface area contributed by atoms with E-state index in [1.807, 2.05) is 0 Å². The van der Waals surface area contributed by atoms with E-state index in [9.17, 15) is 4.79 Å². The molecular formula is C13H19N3O. The highest BCUT2D eigenvalue weighted by Crippen LogP contribution is 2.45. The molecule has 4 nitrogen and oxygen atoms in total. The van der Waals surface area contributed by atoms with E-state index in [4.69, 9.17) is 5.73 Å². The summed E-state index contributed by atoms with van der Waals surface area (Å²) in [4.78, 5) is 18.7. The zero-order valence-corrected chi connectivity index (χ0v) is 10.0. The van der Waals surface area contributed by atoms with Crippen molar-refractivity contribution in [1.82, 2.24) is 9.97 Å². The molecule has 0 aromatic carbocycles. The van der Waals surface area contributed by atoms with Crippen molar-refractivity contribution in [2.75, 3.05) is 6.54 Å². The average molecular weight is 233 g/mol. The van der Waals surface area contributed by atoms with Crippen molar-refractivity contribution >= 4 is 0 Å². The third-order valence-electron chi connectivity index (χ3n) is 3.95. The third-order valence-corrected chi connectivity index (χ3v) is 3.95. The van der Waals surface area contributed by atoms with Crippen molar-refractivity contribution in [3.05, 3.63) is 27.4 Å². The summed E-state index contributed by atoms with van der Waals surface area (Å²) in [5.41, 5.74) is 9.09. The molecule has 1 heterocycles. The smallest absolute Gasteiger partial charge is 0.330 e. The van der Waals surface area contributed by atoms with Gasteiger partial charge in [0, 0.05) is 11.6 Å². The molecular weight excluding hydrogens is 214 g/mol. The Morgan fingerprint density at radius 3 is 2.88 bits per heavy atom. The van der Waals surface area contributed by atoms with Crippen LogP contribution in [0.1, 0.15) is 60.9 Å². The first kappa shape index (κ1) is 11.0. The lowest BCUT2D eigenvalue weighted by molar-refractivity contribution is 0.507. The number of aryl methyl sites for hydroxylation is 1. The van der Waals surface area contributed by atoms with Gasteiger partial charge in [-0.1, -0.05) is 0 Å². The number of hydrogen-bond donors (Lipinski definition) is 2. The summed E-state index contributed by atoms with van der Waals surface area (Å²) in [5, 5.41) is 0. The maximum absolute atomic E-state index is 11.6. The molecule has 1 atom stereocenters. The van der Waals surface area contributed by atoms with E-state index in [-0.39, 0.29) is 5.69 Å². The summed E-state index contributed by atoms with van der Waals surface area (Å²) in [6.07, 6.45) is 6.74. The molecule has 3 N–H and O–H groups in total. The van der Waals surface area contributed by atoms with Crippen LogP contribution in [0.4, 0.5) is 0 Å². The third kappa shape index (κ3) is 2.02. The van der Waals surface area contributed by atoms with Crippen molar-refractivity contribution in [2.24, 2.45) is 5.73 Å². The number of H-pyrrole nitrogens is 1. The van der Waals surface area contributed by atoms with E-state index in [0.717, 1.165) is 30.7 Å². The van der Waals surface area contributed by atoms with E-state index in [0.29, 0.717) is 18.4 Å². The lowest BCUT2D eigenvalue weighted by Crippen LogP contribution is -2.24. The van der Waals surface area contributed by atoms with Crippen LogP contribution in [-0.2, 0) is 6.42 Å². The molecule has 3 rings (SSSR count). The Hall–Kier alpha value is -1.16. The summed E-state index contributed by atoms with van der Waals surface area (Å²) in [5.74, 6) is 1.06. The fourth-order valence-corrected chi connectivity index (χ4v) is 3.03. The molecule has 1 unspecified atom stereocenters. The zero-order valence-electron chi connectivity index (χ0n) is 10.0. The van der Waals surface area contributed by atoms with Crippen LogP contribution < -0.4 is 11.4 Å². The van der Waals surface area contributed by atoms with Crippen LogP contribution in [-0.4, -0.2) is 16.5 Å². The molecule has 0 amide bonds. The van der Waals surface area contributed by atoms with Crippen molar-refractivity contribution < 1.29 is 0 Å². The summed E-state index contributed by atoms with van der Waals surface area (Å²) in [7, 11) is 0. The molecule has 2 aliphatic carbocycles. The number of aromatic amines is 1. The van der Waals surface area contributed by atoms with E-state index < -0.39 is 0 Å². The second kappa shape index (κ2) is 4.26. The first-order valence-corrected chi connectivity index (χ1v) is 6.62. The van der Waals surface area contributed by atoms with Crippen LogP contribution in [0.3, 0.4) is 0 Å². The predicted molar refractivity (Wildman–Crippen MR) is 66.2 cm³/mol. The summed E-state index contributed by atoms with van der Waals surface area (Å²) >= 11 is 0. The molecule has 1 aromatic heterocycles. The standard InChI is InChI=1S/C13H19N3O/c14-7-6-8-2-1-3-10-11(8)12(9-4-5-9)16-13(17)15-10/h8-9H,1-7,14H2,(H,15,16,17). The maximum Gasteiger partial charge on any atom is 0.345 e. The number of nitrogens with zero attached hydrogens (tertiary/aromatic N) is 1. The molecule has 0 bridgehead atoms. The van der Waals surface area contributed by atoms with E-state index in [1.165, 1.54) is 24.8 Å². The molecule has 1 saturated carbocycles. The minimum Gasteiger partial charge on any atom is -0.330 e. The Morgan fingerprint density at radius 1 is 1.35 bits per heavy atom. The monoisotopic (exact) mass is 233 g/mol. The van der Waals surface area contributed by atoms with Crippen molar-refractivity contribution in [1.29, 1.82) is 0 Å². The molecule has 1 fully saturated rings. The van der Waals surface area contributed by atoms with Gasteiger partial charge in [0.1, 0.15) is 0 Å². The normalized spacial score (nSPS) is 23.5. The molecule has 92 valence electrons. The second-order valence-electron chi connectivity index (χ2n) is 5.26. The number of nitrogens with one attached hydrogen (secondary N) is 1. The molecule has 17 heavy (non-hydrogen) atoms. The van der Waals surface area contributed by atoms with Crippen molar-refractivity contribution in [3.8, 4) is 0 Å². The lowest BCUT2D eigenvalue weighted by Gasteiger charge is -2.26. The SMILES string of the molecule is NCCC1CCCc2[nH]c(=O)nc(C3CC3)c21. The lowest BCUT2D eigenvalue weighted by atomic mass is 9.81. The van der Waals surface area contributed by atoms with Gasteiger partial charge >= 0.3 is 5.69 Å². The topological polar surface area (TPSA) is 71.8 Å². The number of fused-ring (bicyclic) bond motifs is 1. The number of nitrogens with two attached hydrogens (primary N) is 1. The molecule has 0 radical (unpaired) electrons. The Morgan fingerprint density at radius 2 is 2.18 bits per heavy atom. The van der Waals surface area contributed by atoms with Crippen molar-refractivity contribution in [3.63, 3.8) is 0 Å². The summed E-state index contributed by atoms with van der Waals surface area (Å²) in [6.45, 7) is 0.716. The highest BCUT2D eigenvalue weighted by Gasteiger charge is 2.33. The van der Waals surface area contributed by atoms with E-state index in [1.54, 1.807) is 0 Å². The van der Waals surface area contributed by atoms with Gasteiger partial charge in [-0.15, -0.1) is 0 Å². The van der Waals surface area contributed by atoms with Crippen molar-refractivity contribution in [2.45, 2.75) is 50.4 Å². The molecule has 1 aromatic rings. The largest absolute Gasteiger partial charge is 0.345 e. The quantitative estimate of drug-likeness (QED) is 0.829. The molecule has 2 aliphatic rings. The number of aromatic nitrogens is 2. The minimum absolute atomic E-state index is 0.168. The van der Waals surface area contributed by atoms with Gasteiger partial charge in [-0.2, -0.15) is 4.98 Å². The summed E-state index contributed by atoms with van der Waals surface area (Å²) in [6, 6.07) is 0. The van der Waals surface area contributed by atoms with Gasteiger partial charge in [-0.05, 0) is 56.6 Å². The van der Waals surface area contributed by atoms with Crippen LogP contribution in [0.25, 0.3) is 0 Å². The predicted octanol–water partition coefficient (Wildman–Crippen LogP) is 1.42.